The Morgan fingerprint density at radius 2 is 1.79 bits per heavy atom. The number of hydrogen-bond acceptors (Lipinski definition) is 3. The first-order valence-electron chi connectivity index (χ1n) is 10.1. The van der Waals surface area contributed by atoms with E-state index in [1.54, 1.807) is 30.3 Å². The Labute approximate surface area is 163 Å². The molecular weight excluding hydrogens is 357 g/mol. The van der Waals surface area contributed by atoms with Gasteiger partial charge in [0.15, 0.2) is 11.5 Å². The maximum atomic E-state index is 14.0. The lowest BCUT2D eigenvalue weighted by molar-refractivity contribution is -0.149. The van der Waals surface area contributed by atoms with Crippen molar-refractivity contribution in [3.8, 4) is 11.3 Å². The van der Waals surface area contributed by atoms with Crippen LogP contribution in [0.4, 0.5) is 4.39 Å². The quantitative estimate of drug-likeness (QED) is 0.770. The van der Waals surface area contributed by atoms with E-state index in [1.165, 1.54) is 6.07 Å². The number of hydrogen-bond donors (Lipinski definition) is 1. The van der Waals surface area contributed by atoms with Crippen molar-refractivity contribution in [2.75, 3.05) is 0 Å². The van der Waals surface area contributed by atoms with Crippen molar-refractivity contribution in [1.29, 1.82) is 0 Å². The van der Waals surface area contributed by atoms with E-state index in [9.17, 15) is 14.0 Å². The molecule has 0 saturated heterocycles. The lowest BCUT2D eigenvalue weighted by atomic mass is 9.45. The molecule has 1 aromatic carbocycles. The summed E-state index contributed by atoms with van der Waals surface area (Å²) < 4.78 is 19.7. The summed E-state index contributed by atoms with van der Waals surface area (Å²) in [7, 11) is 0. The third kappa shape index (κ3) is 2.71. The Morgan fingerprint density at radius 3 is 2.46 bits per heavy atom. The van der Waals surface area contributed by atoms with Crippen LogP contribution in [0.15, 0.2) is 40.8 Å². The van der Waals surface area contributed by atoms with Crippen molar-refractivity contribution in [3.05, 3.63) is 48.0 Å². The van der Waals surface area contributed by atoms with E-state index in [4.69, 9.17) is 10.2 Å². The highest BCUT2D eigenvalue weighted by Gasteiger charge is 2.57. The molecule has 0 spiro atoms. The Bertz CT molecular complexity index is 933. The van der Waals surface area contributed by atoms with Gasteiger partial charge >= 0.3 is 0 Å². The van der Waals surface area contributed by atoms with Gasteiger partial charge in [-0.05, 0) is 80.0 Å². The molecule has 0 radical (unpaired) electrons. The van der Waals surface area contributed by atoms with Gasteiger partial charge in [0.1, 0.15) is 11.6 Å². The number of carbonyl (C=O) groups is 2. The SMILES string of the molecule is NC(=O)C12CC3CC(C1)C(CC(=O)c1ccc(-c4ccccc4F)o1)C(C3)C2. The zero-order valence-corrected chi connectivity index (χ0v) is 15.7. The van der Waals surface area contributed by atoms with Gasteiger partial charge in [-0.2, -0.15) is 0 Å². The standard InChI is InChI=1S/C23H24FNO3/c24-18-4-2-1-3-16(18)20-5-6-21(28-20)19(26)9-17-14-7-13-8-15(17)12-23(10-13,11-14)22(25)27/h1-6,13-15,17H,7-12H2,(H2,25,27). The van der Waals surface area contributed by atoms with Crippen LogP contribution in [-0.2, 0) is 4.79 Å². The van der Waals surface area contributed by atoms with Crippen LogP contribution in [0, 0.1) is 34.9 Å². The zero-order valence-electron chi connectivity index (χ0n) is 15.7. The van der Waals surface area contributed by atoms with Crippen molar-refractivity contribution < 1.29 is 18.4 Å². The number of nitrogens with two attached hydrogens (primary N) is 1. The number of primary amides is 1. The molecule has 2 unspecified atom stereocenters. The minimum Gasteiger partial charge on any atom is -0.453 e. The van der Waals surface area contributed by atoms with Crippen LogP contribution < -0.4 is 5.73 Å². The number of rotatable bonds is 5. The molecule has 1 aromatic heterocycles. The van der Waals surface area contributed by atoms with Gasteiger partial charge in [-0.1, -0.05) is 12.1 Å². The van der Waals surface area contributed by atoms with E-state index in [1.807, 2.05) is 0 Å². The predicted octanol–water partition coefficient (Wildman–Crippen LogP) is 4.59. The fourth-order valence-corrected chi connectivity index (χ4v) is 6.37. The summed E-state index contributed by atoms with van der Waals surface area (Å²) in [4.78, 5) is 25.0. The van der Waals surface area contributed by atoms with Gasteiger partial charge in [0.25, 0.3) is 0 Å². The average molecular weight is 381 g/mol. The van der Waals surface area contributed by atoms with Crippen LogP contribution in [0.1, 0.15) is 49.1 Å². The lowest BCUT2D eigenvalue weighted by Gasteiger charge is -2.58. The third-order valence-corrected chi connectivity index (χ3v) is 7.43. The molecule has 1 amide bonds. The van der Waals surface area contributed by atoms with Gasteiger partial charge in [0, 0.05) is 11.8 Å². The Balaban J connectivity index is 1.33. The molecule has 4 aliphatic rings. The van der Waals surface area contributed by atoms with E-state index in [0.29, 0.717) is 41.4 Å². The minimum atomic E-state index is -0.367. The maximum absolute atomic E-state index is 14.0. The number of carbonyl (C=O) groups excluding carboxylic acids is 2. The summed E-state index contributed by atoms with van der Waals surface area (Å²) in [6.07, 6.45) is 5.21. The molecule has 4 fully saturated rings. The second-order valence-electron chi connectivity index (χ2n) is 9.05. The van der Waals surface area contributed by atoms with Gasteiger partial charge < -0.3 is 10.2 Å². The number of furan rings is 1. The van der Waals surface area contributed by atoms with E-state index in [-0.39, 0.29) is 28.7 Å². The molecule has 2 N–H and O–H groups in total. The normalized spacial score (nSPS) is 33.2. The third-order valence-electron chi connectivity index (χ3n) is 7.43. The van der Waals surface area contributed by atoms with Crippen molar-refractivity contribution in [3.63, 3.8) is 0 Å². The maximum Gasteiger partial charge on any atom is 0.223 e. The highest BCUT2D eigenvalue weighted by Crippen LogP contribution is 2.62. The highest BCUT2D eigenvalue weighted by atomic mass is 19.1. The van der Waals surface area contributed by atoms with Crippen LogP contribution in [0.3, 0.4) is 0 Å². The number of amides is 1. The molecule has 5 heteroatoms. The number of benzene rings is 1. The summed E-state index contributed by atoms with van der Waals surface area (Å²) in [5, 5.41) is 0. The average Bonchev–Trinajstić information content (AvgIpc) is 3.14. The number of Topliss-reactive ketones (excluding diaryl/α,β-unsaturated/α-hetero) is 1. The van der Waals surface area contributed by atoms with Crippen LogP contribution in [0.25, 0.3) is 11.3 Å². The first-order chi connectivity index (χ1) is 13.4. The summed E-state index contributed by atoms with van der Waals surface area (Å²) in [6.45, 7) is 0. The lowest BCUT2D eigenvalue weighted by Crippen LogP contribution is -2.56. The first-order valence-corrected chi connectivity index (χ1v) is 10.1. The molecular formula is C23H24FNO3. The van der Waals surface area contributed by atoms with Crippen LogP contribution in [-0.4, -0.2) is 11.7 Å². The van der Waals surface area contributed by atoms with E-state index in [2.05, 4.69) is 0 Å². The molecule has 0 aliphatic heterocycles. The predicted molar refractivity (Wildman–Crippen MR) is 102 cm³/mol. The highest BCUT2D eigenvalue weighted by molar-refractivity contribution is 5.94. The summed E-state index contributed by atoms with van der Waals surface area (Å²) >= 11 is 0. The van der Waals surface area contributed by atoms with Crippen molar-refractivity contribution in [1.82, 2.24) is 0 Å². The molecule has 4 saturated carbocycles. The second-order valence-corrected chi connectivity index (χ2v) is 9.05. The smallest absolute Gasteiger partial charge is 0.223 e. The van der Waals surface area contributed by atoms with Crippen LogP contribution in [0.2, 0.25) is 0 Å². The molecule has 4 aliphatic carbocycles. The largest absolute Gasteiger partial charge is 0.453 e. The molecule has 2 aromatic rings. The van der Waals surface area contributed by atoms with E-state index < -0.39 is 0 Å². The molecule has 4 nitrogen and oxygen atoms in total. The molecule has 6 rings (SSSR count). The second kappa shape index (κ2) is 6.29. The molecule has 2 atom stereocenters. The molecule has 146 valence electrons. The molecule has 28 heavy (non-hydrogen) atoms. The van der Waals surface area contributed by atoms with Crippen LogP contribution in [0.5, 0.6) is 0 Å². The molecule has 4 bridgehead atoms. The summed E-state index contributed by atoms with van der Waals surface area (Å²) in [6, 6.07) is 9.69. The monoisotopic (exact) mass is 381 g/mol. The van der Waals surface area contributed by atoms with Gasteiger partial charge in [-0.15, -0.1) is 0 Å². The van der Waals surface area contributed by atoms with E-state index in [0.717, 1.165) is 32.1 Å². The Morgan fingerprint density at radius 1 is 1.07 bits per heavy atom. The van der Waals surface area contributed by atoms with Crippen molar-refractivity contribution in [2.24, 2.45) is 34.8 Å². The van der Waals surface area contributed by atoms with Crippen molar-refractivity contribution in [2.45, 2.75) is 38.5 Å². The van der Waals surface area contributed by atoms with E-state index >= 15 is 0 Å². The summed E-state index contributed by atoms with van der Waals surface area (Å²) in [5.41, 5.74) is 5.77. The van der Waals surface area contributed by atoms with Crippen molar-refractivity contribution >= 4 is 11.7 Å². The topological polar surface area (TPSA) is 73.3 Å². The summed E-state index contributed by atoms with van der Waals surface area (Å²) in [5.74, 6) is 1.76. The minimum absolute atomic E-state index is 0.0341. The zero-order chi connectivity index (χ0) is 19.5. The van der Waals surface area contributed by atoms with Crippen LogP contribution >= 0.6 is 0 Å². The van der Waals surface area contributed by atoms with Gasteiger partial charge in [-0.25, -0.2) is 4.39 Å². The first kappa shape index (κ1) is 17.7. The number of ketones is 1. The van der Waals surface area contributed by atoms with Gasteiger partial charge in [0.05, 0.1) is 5.56 Å². The Hall–Kier alpha value is -2.43. The number of halogens is 1. The Kier molecular flexibility index (Phi) is 3.97. The molecule has 1 heterocycles. The fraction of sp³-hybridized carbons (Fsp3) is 0.478. The van der Waals surface area contributed by atoms with Gasteiger partial charge in [0.2, 0.25) is 5.91 Å². The fourth-order valence-electron chi connectivity index (χ4n) is 6.37. The van der Waals surface area contributed by atoms with Gasteiger partial charge in [-0.3, -0.25) is 9.59 Å².